The van der Waals surface area contributed by atoms with E-state index in [2.05, 4.69) is 5.32 Å². The van der Waals surface area contributed by atoms with E-state index >= 15 is 0 Å². The van der Waals surface area contributed by atoms with Crippen molar-refractivity contribution >= 4 is 34.8 Å². The van der Waals surface area contributed by atoms with Crippen LogP contribution in [0, 0.1) is 0 Å². The maximum absolute atomic E-state index is 11.7. The summed E-state index contributed by atoms with van der Waals surface area (Å²) in [6.45, 7) is -0.154. The van der Waals surface area contributed by atoms with Crippen LogP contribution in [0.5, 0.6) is 5.75 Å². The minimum Gasteiger partial charge on any atom is -0.481 e. The molecule has 98 valence electrons. The van der Waals surface area contributed by atoms with Crippen molar-refractivity contribution < 1.29 is 9.53 Å². The number of benzene rings is 2. The summed E-state index contributed by atoms with van der Waals surface area (Å²) in [7, 11) is 0. The SMILES string of the molecule is O=C(COc1c(Cl)cccc1Cl)N[13c]1[13cH][13cH][13cH][13cH][13cH]1. The second-order valence-corrected chi connectivity index (χ2v) is 4.57. The van der Waals surface area contributed by atoms with Crippen LogP contribution in [0.4, 0.5) is 5.69 Å². The van der Waals surface area contributed by atoms with Gasteiger partial charge in [-0.1, -0.05) is 47.5 Å². The Hall–Kier alpha value is -1.71. The number of carbonyl (C=O) groups excluding carboxylic acids is 1. The Kier molecular flexibility index (Phi) is 4.66. The predicted molar refractivity (Wildman–Crippen MR) is 77.0 cm³/mol. The van der Waals surface area contributed by atoms with Gasteiger partial charge in [-0.25, -0.2) is 0 Å². The van der Waals surface area contributed by atoms with Crippen molar-refractivity contribution in [3.05, 3.63) is 58.6 Å². The Balaban J connectivity index is 1.94. The van der Waals surface area contributed by atoms with Crippen molar-refractivity contribution in [3.8, 4) is 5.75 Å². The molecule has 0 atom stereocenters. The van der Waals surface area contributed by atoms with Gasteiger partial charge in [0.05, 0.1) is 10.0 Å². The zero-order valence-electron chi connectivity index (χ0n) is 9.90. The number of carbonyl (C=O) groups is 1. The van der Waals surface area contributed by atoms with Gasteiger partial charge in [-0.2, -0.15) is 0 Å². The third kappa shape index (κ3) is 3.88. The molecule has 0 unspecified atom stereocenters. The lowest BCUT2D eigenvalue weighted by Gasteiger charge is -2.10. The molecule has 0 fully saturated rings. The zero-order chi connectivity index (χ0) is 13.7. The van der Waals surface area contributed by atoms with Crippen LogP contribution < -0.4 is 10.1 Å². The predicted octanol–water partition coefficient (Wildman–Crippen LogP) is 4.01. The molecule has 5 heteroatoms. The average molecular weight is 302 g/mol. The monoisotopic (exact) mass is 301 g/mol. The van der Waals surface area contributed by atoms with Gasteiger partial charge in [0.1, 0.15) is 0 Å². The average Bonchev–Trinajstić information content (AvgIpc) is 2.39. The van der Waals surface area contributed by atoms with E-state index < -0.39 is 0 Å². The molecule has 1 amide bonds. The molecule has 0 aliphatic carbocycles. The molecule has 19 heavy (non-hydrogen) atoms. The third-order valence-electron chi connectivity index (χ3n) is 2.32. The fourth-order valence-corrected chi connectivity index (χ4v) is 1.98. The van der Waals surface area contributed by atoms with E-state index in [-0.39, 0.29) is 12.5 Å². The summed E-state index contributed by atoms with van der Waals surface area (Å²) >= 11 is 11.9. The fourth-order valence-electron chi connectivity index (χ4n) is 1.48. The first-order chi connectivity index (χ1) is 9.16. The van der Waals surface area contributed by atoms with Gasteiger partial charge in [0, 0.05) is 5.69 Å². The number of rotatable bonds is 4. The summed E-state index contributed by atoms with van der Waals surface area (Å²) in [5, 5.41) is 3.45. The largest absolute Gasteiger partial charge is 0.481 e. The first-order valence-corrected chi connectivity index (χ1v) is 6.34. The van der Waals surface area contributed by atoms with Gasteiger partial charge in [0.15, 0.2) is 12.4 Å². The second kappa shape index (κ2) is 6.45. The molecule has 0 aliphatic rings. The van der Waals surface area contributed by atoms with E-state index in [1.807, 2.05) is 18.2 Å². The van der Waals surface area contributed by atoms with E-state index in [4.69, 9.17) is 27.9 Å². The highest BCUT2D eigenvalue weighted by molar-refractivity contribution is 6.37. The van der Waals surface area contributed by atoms with Crippen molar-refractivity contribution in [1.82, 2.24) is 0 Å². The lowest BCUT2D eigenvalue weighted by atomic mass is 10.3. The number of ether oxygens (including phenoxy) is 1. The quantitative estimate of drug-likeness (QED) is 0.926. The highest BCUT2D eigenvalue weighted by atomic mass is 35.5. The smallest absolute Gasteiger partial charge is 0.262 e. The zero-order valence-corrected chi connectivity index (χ0v) is 11.4. The molecule has 0 bridgehead atoms. The maximum Gasteiger partial charge on any atom is 0.262 e. The molecule has 0 saturated carbocycles. The molecular formula is C14H11Cl2NO2. The summed E-state index contributed by atoms with van der Waals surface area (Å²) in [5.41, 5.74) is 0.710. The van der Waals surface area contributed by atoms with Crippen LogP contribution in [-0.2, 0) is 4.79 Å². The lowest BCUT2D eigenvalue weighted by Crippen LogP contribution is -2.20. The van der Waals surface area contributed by atoms with Crippen LogP contribution >= 0.6 is 23.2 Å². The Morgan fingerprint density at radius 1 is 1.00 bits per heavy atom. The molecule has 0 spiro atoms. The van der Waals surface area contributed by atoms with Gasteiger partial charge in [0.25, 0.3) is 5.91 Å². The number of hydrogen-bond acceptors (Lipinski definition) is 2. The molecule has 0 aliphatic heterocycles. The Bertz CT molecular complexity index is 553. The number of hydrogen-bond donors (Lipinski definition) is 1. The topological polar surface area (TPSA) is 38.3 Å². The highest BCUT2D eigenvalue weighted by Crippen LogP contribution is 2.32. The summed E-state index contributed by atoms with van der Waals surface area (Å²) < 4.78 is 5.33. The van der Waals surface area contributed by atoms with Crippen molar-refractivity contribution in [2.45, 2.75) is 0 Å². The van der Waals surface area contributed by atoms with Gasteiger partial charge in [-0.15, -0.1) is 0 Å². The molecule has 2 aromatic carbocycles. The van der Waals surface area contributed by atoms with E-state index in [0.29, 0.717) is 21.5 Å². The van der Waals surface area contributed by atoms with Crippen molar-refractivity contribution in [3.63, 3.8) is 0 Å². The van der Waals surface area contributed by atoms with Crippen molar-refractivity contribution in [1.29, 1.82) is 0 Å². The molecular weight excluding hydrogens is 291 g/mol. The van der Waals surface area contributed by atoms with Gasteiger partial charge in [0.2, 0.25) is 0 Å². The number of halogens is 2. The van der Waals surface area contributed by atoms with Crippen molar-refractivity contribution in [2.75, 3.05) is 11.9 Å². The normalized spacial score (nSPS) is 10.0. The van der Waals surface area contributed by atoms with E-state index in [9.17, 15) is 4.79 Å². The number of para-hydroxylation sites is 2. The number of nitrogens with one attached hydrogen (secondary N) is 1. The van der Waals surface area contributed by atoms with Crippen LogP contribution in [0.1, 0.15) is 0 Å². The molecule has 2 rings (SSSR count). The Morgan fingerprint density at radius 2 is 1.63 bits per heavy atom. The highest BCUT2D eigenvalue weighted by Gasteiger charge is 2.09. The number of anilines is 1. The molecule has 0 heterocycles. The van der Waals surface area contributed by atoms with Gasteiger partial charge < -0.3 is 10.1 Å². The minimum atomic E-state index is -0.276. The standard InChI is InChI=1S/C14H11Cl2NO2/c15-11-7-4-8-12(16)14(11)19-9-13(18)17-10-5-2-1-3-6-10/h1-8H,9H2,(H,17,18)/i1+1,2+1,3+1,5+1,6+1,10+1. The van der Waals surface area contributed by atoms with E-state index in [1.165, 1.54) is 0 Å². The van der Waals surface area contributed by atoms with Crippen molar-refractivity contribution in [2.24, 2.45) is 0 Å². The summed E-state index contributed by atoms with van der Waals surface area (Å²) in [4.78, 5) is 11.7. The van der Waals surface area contributed by atoms with Crippen LogP contribution in [0.25, 0.3) is 0 Å². The van der Waals surface area contributed by atoms with Crippen LogP contribution in [0.3, 0.4) is 0 Å². The van der Waals surface area contributed by atoms with Gasteiger partial charge >= 0.3 is 0 Å². The maximum atomic E-state index is 11.7. The third-order valence-corrected chi connectivity index (χ3v) is 2.92. The Labute approximate surface area is 121 Å². The number of amides is 1. The van der Waals surface area contributed by atoms with Crippen LogP contribution in [0.2, 0.25) is 10.0 Å². The molecule has 1 N–H and O–H groups in total. The van der Waals surface area contributed by atoms with Gasteiger partial charge in [-0.05, 0) is 24.3 Å². The van der Waals surface area contributed by atoms with Crippen LogP contribution in [-0.4, -0.2) is 12.5 Å². The summed E-state index contributed by atoms with van der Waals surface area (Å²) in [6.07, 6.45) is 0. The molecule has 0 saturated heterocycles. The summed E-state index contributed by atoms with van der Waals surface area (Å²) in [5.74, 6) is 0.0382. The lowest BCUT2D eigenvalue weighted by molar-refractivity contribution is -0.118. The molecule has 3 nitrogen and oxygen atoms in total. The minimum absolute atomic E-state index is 0.154. The van der Waals surface area contributed by atoms with E-state index in [0.717, 1.165) is 0 Å². The fraction of sp³-hybridized carbons (Fsp3) is 0.0714. The van der Waals surface area contributed by atoms with Gasteiger partial charge in [-0.3, -0.25) is 4.79 Å². The Morgan fingerprint density at radius 3 is 2.26 bits per heavy atom. The summed E-state index contributed by atoms with van der Waals surface area (Å²) in [6, 6.07) is 14.1. The molecule has 0 radical (unpaired) electrons. The first-order valence-electron chi connectivity index (χ1n) is 5.58. The van der Waals surface area contributed by atoms with Crippen LogP contribution in [0.15, 0.2) is 48.5 Å². The molecule has 0 aromatic heterocycles. The second-order valence-electron chi connectivity index (χ2n) is 3.75. The first kappa shape index (κ1) is 13.7. The molecule has 2 aromatic rings. The van der Waals surface area contributed by atoms with E-state index in [1.54, 1.807) is 30.3 Å².